The molecule has 0 aliphatic carbocycles. The topological polar surface area (TPSA) is 33.7 Å². The molecule has 0 saturated carbocycles. The highest BCUT2D eigenvalue weighted by Crippen LogP contribution is 2.40. The summed E-state index contributed by atoms with van der Waals surface area (Å²) in [5.74, 6) is 0.876. The van der Waals surface area contributed by atoms with Crippen LogP contribution >= 0.6 is 24.8 Å². The number of rotatable bonds is 5. The van der Waals surface area contributed by atoms with Crippen LogP contribution in [0, 0.1) is 0 Å². The van der Waals surface area contributed by atoms with Crippen LogP contribution in [0.15, 0.2) is 18.2 Å². The summed E-state index contributed by atoms with van der Waals surface area (Å²) in [6, 6.07) is 4.11. The Morgan fingerprint density at radius 3 is 1.95 bits per heavy atom. The Morgan fingerprint density at radius 1 is 1.05 bits per heavy atom. The van der Waals surface area contributed by atoms with Crippen molar-refractivity contribution in [3.8, 4) is 11.5 Å². The summed E-state index contributed by atoms with van der Waals surface area (Å²) in [5, 5.41) is 3.17. The highest BCUT2D eigenvalue weighted by Gasteiger charge is 2.34. The van der Waals surface area contributed by atoms with Crippen LogP contribution in [0.3, 0.4) is 0 Å². The summed E-state index contributed by atoms with van der Waals surface area (Å²) in [6.07, 6.45) is -2.50. The van der Waals surface area contributed by atoms with Gasteiger partial charge in [0, 0.05) is 26.2 Å². The maximum Gasteiger partial charge on any atom is 0.258 e. The van der Waals surface area contributed by atoms with Crippen LogP contribution in [-0.2, 0) is 0 Å². The maximum absolute atomic E-state index is 13.6. The molecule has 0 aromatic heterocycles. The molecule has 8 heteroatoms. The first-order valence-electron chi connectivity index (χ1n) is 6.62. The second kappa shape index (κ2) is 10.0. The zero-order valence-electron chi connectivity index (χ0n) is 12.6. The number of nitrogens with zero attached hydrogens (tertiary/aromatic N) is 1. The Balaban J connectivity index is 0.00000220. The van der Waals surface area contributed by atoms with Gasteiger partial charge in [-0.15, -0.1) is 24.8 Å². The third-order valence-electron chi connectivity index (χ3n) is 3.55. The number of benzene rings is 1. The number of nitrogens with one attached hydrogen (secondary N) is 1. The molecule has 2 rings (SSSR count). The van der Waals surface area contributed by atoms with Crippen LogP contribution in [0.4, 0.5) is 8.78 Å². The fourth-order valence-electron chi connectivity index (χ4n) is 2.60. The van der Waals surface area contributed by atoms with Crippen molar-refractivity contribution in [3.05, 3.63) is 23.8 Å². The summed E-state index contributed by atoms with van der Waals surface area (Å²) < 4.78 is 37.8. The zero-order valence-corrected chi connectivity index (χ0v) is 14.2. The number of hydrogen-bond acceptors (Lipinski definition) is 4. The Labute approximate surface area is 142 Å². The Bertz CT molecular complexity index is 425. The third-order valence-corrected chi connectivity index (χ3v) is 3.55. The average molecular weight is 359 g/mol. The zero-order chi connectivity index (χ0) is 14.5. The molecule has 1 saturated heterocycles. The molecule has 1 aliphatic rings. The molecular weight excluding hydrogens is 337 g/mol. The van der Waals surface area contributed by atoms with Gasteiger partial charge < -0.3 is 14.8 Å². The van der Waals surface area contributed by atoms with E-state index in [1.54, 1.807) is 23.1 Å². The lowest BCUT2D eigenvalue weighted by atomic mass is 10.0. The lowest BCUT2D eigenvalue weighted by molar-refractivity contribution is 0.0158. The van der Waals surface area contributed by atoms with E-state index in [2.05, 4.69) is 5.32 Å². The lowest BCUT2D eigenvalue weighted by Crippen LogP contribution is -2.47. The number of alkyl halides is 2. The molecule has 0 spiro atoms. The van der Waals surface area contributed by atoms with E-state index in [-0.39, 0.29) is 24.8 Å². The highest BCUT2D eigenvalue weighted by atomic mass is 35.5. The molecule has 1 N–H and O–H groups in total. The minimum atomic E-state index is -2.50. The summed E-state index contributed by atoms with van der Waals surface area (Å²) in [7, 11) is 2.97. The predicted molar refractivity (Wildman–Crippen MR) is 87.2 cm³/mol. The van der Waals surface area contributed by atoms with Gasteiger partial charge in [-0.2, -0.15) is 0 Å². The fraction of sp³-hybridized carbons (Fsp3) is 0.571. The minimum Gasteiger partial charge on any atom is -0.496 e. The van der Waals surface area contributed by atoms with Gasteiger partial charge in [-0.25, -0.2) is 8.78 Å². The standard InChI is InChI=1S/C14H20F2N2O2.2ClH/c1-19-10-4-3-5-11(20-2)12(10)13(14(15)16)18-8-6-17-7-9-18;;/h3-5,13-14,17H,6-9H2,1-2H3;2*1H/t13-;;/m1../s1. The normalized spacial score (nSPS) is 16.4. The molecule has 128 valence electrons. The van der Waals surface area contributed by atoms with Gasteiger partial charge in [0.1, 0.15) is 17.5 Å². The molecule has 0 radical (unpaired) electrons. The van der Waals surface area contributed by atoms with Crippen LogP contribution in [0.2, 0.25) is 0 Å². The number of halogens is 4. The molecule has 22 heavy (non-hydrogen) atoms. The maximum atomic E-state index is 13.6. The van der Waals surface area contributed by atoms with Crippen molar-refractivity contribution in [2.24, 2.45) is 0 Å². The van der Waals surface area contributed by atoms with E-state index in [1.165, 1.54) is 14.2 Å². The highest BCUT2D eigenvalue weighted by molar-refractivity contribution is 5.85. The molecule has 1 atom stereocenters. The largest absolute Gasteiger partial charge is 0.496 e. The summed E-state index contributed by atoms with van der Waals surface area (Å²) in [5.41, 5.74) is 0.425. The molecule has 1 aromatic carbocycles. The minimum absolute atomic E-state index is 0. The Morgan fingerprint density at radius 2 is 1.55 bits per heavy atom. The van der Waals surface area contributed by atoms with Crippen molar-refractivity contribution < 1.29 is 18.3 Å². The SMILES string of the molecule is COc1cccc(OC)c1[C@H](C(F)F)N1CCNCC1.Cl.Cl. The second-order valence-corrected chi connectivity index (χ2v) is 4.64. The van der Waals surface area contributed by atoms with E-state index >= 15 is 0 Å². The molecule has 1 heterocycles. The van der Waals surface area contributed by atoms with Crippen LogP contribution in [0.1, 0.15) is 11.6 Å². The molecule has 4 nitrogen and oxygen atoms in total. The van der Waals surface area contributed by atoms with E-state index in [1.807, 2.05) is 0 Å². The molecule has 1 aromatic rings. The van der Waals surface area contributed by atoms with E-state index < -0.39 is 12.5 Å². The molecule has 1 fully saturated rings. The van der Waals surface area contributed by atoms with Gasteiger partial charge in [-0.1, -0.05) is 6.07 Å². The number of hydrogen-bond donors (Lipinski definition) is 1. The second-order valence-electron chi connectivity index (χ2n) is 4.64. The summed E-state index contributed by atoms with van der Waals surface area (Å²) >= 11 is 0. The molecule has 0 unspecified atom stereocenters. The van der Waals surface area contributed by atoms with Crippen molar-refractivity contribution in [1.29, 1.82) is 0 Å². The van der Waals surface area contributed by atoms with Gasteiger partial charge in [-0.3, -0.25) is 4.90 Å². The first-order valence-corrected chi connectivity index (χ1v) is 6.62. The van der Waals surface area contributed by atoms with Gasteiger partial charge in [0.15, 0.2) is 0 Å². The van der Waals surface area contributed by atoms with Crippen LogP contribution in [0.25, 0.3) is 0 Å². The van der Waals surface area contributed by atoms with Crippen molar-refractivity contribution in [1.82, 2.24) is 10.2 Å². The monoisotopic (exact) mass is 358 g/mol. The summed E-state index contributed by atoms with van der Waals surface area (Å²) in [6.45, 7) is 2.58. The van der Waals surface area contributed by atoms with Gasteiger partial charge in [0.25, 0.3) is 6.43 Å². The van der Waals surface area contributed by atoms with E-state index in [4.69, 9.17) is 9.47 Å². The molecule has 0 bridgehead atoms. The summed E-state index contributed by atoms with van der Waals surface area (Å²) in [4.78, 5) is 1.78. The van der Waals surface area contributed by atoms with Gasteiger partial charge in [0.05, 0.1) is 19.8 Å². The first-order chi connectivity index (χ1) is 9.69. The van der Waals surface area contributed by atoms with Crippen molar-refractivity contribution in [2.75, 3.05) is 40.4 Å². The van der Waals surface area contributed by atoms with Crippen LogP contribution in [-0.4, -0.2) is 51.7 Å². The van der Waals surface area contributed by atoms with Crippen LogP contribution in [0.5, 0.6) is 11.5 Å². The Hall–Kier alpha value is -0.820. The van der Waals surface area contributed by atoms with Gasteiger partial charge in [-0.05, 0) is 12.1 Å². The smallest absolute Gasteiger partial charge is 0.258 e. The van der Waals surface area contributed by atoms with E-state index in [9.17, 15) is 8.78 Å². The average Bonchev–Trinajstić information content (AvgIpc) is 2.48. The molecular formula is C14H22Cl2F2N2O2. The van der Waals surface area contributed by atoms with E-state index in [0.29, 0.717) is 43.2 Å². The quantitative estimate of drug-likeness (QED) is 0.877. The van der Waals surface area contributed by atoms with Gasteiger partial charge >= 0.3 is 0 Å². The Kier molecular flexibility index (Phi) is 9.67. The van der Waals surface area contributed by atoms with E-state index in [0.717, 1.165) is 0 Å². The fourth-order valence-corrected chi connectivity index (χ4v) is 2.60. The lowest BCUT2D eigenvalue weighted by Gasteiger charge is -2.35. The van der Waals surface area contributed by atoms with Gasteiger partial charge in [0.2, 0.25) is 0 Å². The third kappa shape index (κ3) is 4.59. The van der Waals surface area contributed by atoms with Crippen molar-refractivity contribution in [2.45, 2.75) is 12.5 Å². The molecule has 1 aliphatic heterocycles. The van der Waals surface area contributed by atoms with Crippen molar-refractivity contribution >= 4 is 24.8 Å². The number of ether oxygens (including phenoxy) is 2. The first kappa shape index (κ1) is 21.2. The van der Waals surface area contributed by atoms with Crippen molar-refractivity contribution in [3.63, 3.8) is 0 Å². The number of piperazine rings is 1. The predicted octanol–water partition coefficient (Wildman–Crippen LogP) is 2.76. The number of methoxy groups -OCH3 is 2. The molecule has 0 amide bonds. The van der Waals surface area contributed by atoms with Crippen LogP contribution < -0.4 is 14.8 Å².